The highest BCUT2D eigenvalue weighted by molar-refractivity contribution is 7.89. The van der Waals surface area contributed by atoms with Gasteiger partial charge < -0.3 is 10.1 Å². The largest absolute Gasteiger partial charge is 0.376 e. The minimum Gasteiger partial charge on any atom is -0.376 e. The first-order chi connectivity index (χ1) is 10.9. The second-order valence-corrected chi connectivity index (χ2v) is 7.13. The number of hydrogen-bond donors (Lipinski definition) is 2. The molecule has 0 aliphatic carbocycles. The number of carbonyl (C=O) groups excluding carboxylic acids is 1. The van der Waals surface area contributed by atoms with Gasteiger partial charge in [-0.05, 0) is 44.0 Å². The fourth-order valence-corrected chi connectivity index (χ4v) is 3.32. The van der Waals surface area contributed by atoms with E-state index in [-0.39, 0.29) is 29.5 Å². The average molecular weight is 336 g/mol. The normalized spacial score (nSPS) is 19.0. The van der Waals surface area contributed by atoms with E-state index in [1.807, 2.05) is 6.92 Å². The van der Waals surface area contributed by atoms with Crippen LogP contribution in [0, 0.1) is 12.3 Å². The summed E-state index contributed by atoms with van der Waals surface area (Å²) in [6, 6.07) is 5.62. The van der Waals surface area contributed by atoms with Gasteiger partial charge >= 0.3 is 0 Å². The van der Waals surface area contributed by atoms with E-state index in [2.05, 4.69) is 16.0 Å². The van der Waals surface area contributed by atoms with Crippen LogP contribution in [0.3, 0.4) is 0 Å². The van der Waals surface area contributed by atoms with Gasteiger partial charge in [0.15, 0.2) is 0 Å². The highest BCUT2D eigenvalue weighted by Crippen LogP contribution is 2.16. The molecule has 124 valence electrons. The number of benzene rings is 1. The van der Waals surface area contributed by atoms with Crippen molar-refractivity contribution in [1.82, 2.24) is 10.0 Å². The van der Waals surface area contributed by atoms with Gasteiger partial charge in [0.1, 0.15) is 0 Å². The summed E-state index contributed by atoms with van der Waals surface area (Å²) in [5.41, 5.74) is 0.394. The molecule has 1 aromatic carbocycles. The lowest BCUT2D eigenvalue weighted by Gasteiger charge is -2.20. The second-order valence-electron chi connectivity index (χ2n) is 5.37. The van der Waals surface area contributed by atoms with Crippen LogP contribution in [0.25, 0.3) is 0 Å². The Labute approximate surface area is 136 Å². The summed E-state index contributed by atoms with van der Waals surface area (Å²) >= 11 is 0. The number of terminal acetylenes is 1. The lowest BCUT2D eigenvalue weighted by Crippen LogP contribution is -2.40. The van der Waals surface area contributed by atoms with E-state index in [1.54, 1.807) is 0 Å². The van der Waals surface area contributed by atoms with Crippen LogP contribution in [0.4, 0.5) is 0 Å². The van der Waals surface area contributed by atoms with Crippen LogP contribution in [-0.2, 0) is 14.8 Å². The highest BCUT2D eigenvalue weighted by Gasteiger charge is 2.24. The zero-order valence-electron chi connectivity index (χ0n) is 12.9. The number of ether oxygens (including phenoxy) is 1. The summed E-state index contributed by atoms with van der Waals surface area (Å²) < 4.78 is 31.6. The third kappa shape index (κ3) is 4.55. The third-order valence-corrected chi connectivity index (χ3v) is 5.09. The maximum atomic E-state index is 12.2. The Morgan fingerprint density at radius 2 is 2.13 bits per heavy atom. The Hall–Kier alpha value is -1.88. The molecule has 23 heavy (non-hydrogen) atoms. The molecule has 2 N–H and O–H groups in total. The van der Waals surface area contributed by atoms with E-state index in [0.29, 0.717) is 5.56 Å². The van der Waals surface area contributed by atoms with E-state index in [4.69, 9.17) is 11.2 Å². The van der Waals surface area contributed by atoms with Crippen LogP contribution < -0.4 is 10.0 Å². The lowest BCUT2D eigenvalue weighted by atomic mass is 10.1. The number of carbonyl (C=O) groups is 1. The van der Waals surface area contributed by atoms with Crippen LogP contribution in [0.1, 0.15) is 30.1 Å². The molecule has 2 rings (SSSR count). The van der Waals surface area contributed by atoms with Crippen molar-refractivity contribution >= 4 is 15.9 Å². The number of sulfonamides is 1. The molecule has 1 heterocycles. The second kappa shape index (κ2) is 7.59. The maximum Gasteiger partial charge on any atom is 0.251 e. The average Bonchev–Trinajstić information content (AvgIpc) is 3.07. The minimum atomic E-state index is -3.65. The molecular weight excluding hydrogens is 316 g/mol. The summed E-state index contributed by atoms with van der Waals surface area (Å²) in [5, 5.41) is 2.88. The topological polar surface area (TPSA) is 84.5 Å². The van der Waals surface area contributed by atoms with Crippen LogP contribution in [0.15, 0.2) is 29.2 Å². The van der Waals surface area contributed by atoms with Gasteiger partial charge in [-0.2, -0.15) is 4.72 Å². The van der Waals surface area contributed by atoms with Gasteiger partial charge in [0, 0.05) is 12.2 Å². The molecule has 0 saturated carbocycles. The zero-order chi connectivity index (χ0) is 16.9. The molecule has 7 heteroatoms. The van der Waals surface area contributed by atoms with E-state index < -0.39 is 10.0 Å². The molecule has 1 amide bonds. The summed E-state index contributed by atoms with van der Waals surface area (Å²) in [6.07, 6.45) is 7.00. The van der Waals surface area contributed by atoms with Crippen LogP contribution in [0.2, 0.25) is 0 Å². The molecule has 2 atom stereocenters. The van der Waals surface area contributed by atoms with Gasteiger partial charge in [-0.1, -0.05) is 5.92 Å². The van der Waals surface area contributed by atoms with Crippen molar-refractivity contribution in [3.63, 3.8) is 0 Å². The number of hydrogen-bond acceptors (Lipinski definition) is 4. The van der Waals surface area contributed by atoms with Crippen molar-refractivity contribution in [1.29, 1.82) is 0 Å². The van der Waals surface area contributed by atoms with Crippen molar-refractivity contribution in [3.8, 4) is 12.3 Å². The van der Waals surface area contributed by atoms with E-state index in [1.165, 1.54) is 24.3 Å². The van der Waals surface area contributed by atoms with Crippen LogP contribution in [0.5, 0.6) is 0 Å². The Morgan fingerprint density at radius 1 is 1.43 bits per heavy atom. The van der Waals surface area contributed by atoms with E-state index >= 15 is 0 Å². The first-order valence-electron chi connectivity index (χ1n) is 7.39. The molecule has 1 aromatic rings. The first kappa shape index (κ1) is 17.5. The smallest absolute Gasteiger partial charge is 0.251 e. The van der Waals surface area contributed by atoms with Crippen molar-refractivity contribution in [2.75, 3.05) is 13.2 Å². The Morgan fingerprint density at radius 3 is 2.70 bits per heavy atom. The third-order valence-electron chi connectivity index (χ3n) is 3.67. The quantitative estimate of drug-likeness (QED) is 0.756. The summed E-state index contributed by atoms with van der Waals surface area (Å²) in [7, 11) is -3.65. The van der Waals surface area contributed by atoms with Gasteiger partial charge in [0.2, 0.25) is 10.0 Å². The number of nitrogens with one attached hydrogen (secondary N) is 2. The molecule has 1 aliphatic heterocycles. The Bertz CT molecular complexity index is 686. The maximum absolute atomic E-state index is 12.2. The zero-order valence-corrected chi connectivity index (χ0v) is 13.7. The van der Waals surface area contributed by atoms with Gasteiger partial charge in [0.25, 0.3) is 5.91 Å². The number of amides is 1. The van der Waals surface area contributed by atoms with Gasteiger partial charge in [-0.25, -0.2) is 8.42 Å². The standard InChI is InChI=1S/C16H20N2O4S/c1-3-10-17-23(20,21)14-8-6-13(7-9-14)16(19)18-12(2)15-5-4-11-22-15/h1,6-9,12,15,17H,4-5,10-11H2,2H3,(H,18,19)/t12-,15+/m1/s1. The van der Waals surface area contributed by atoms with Crippen LogP contribution in [-0.4, -0.2) is 39.6 Å². The number of rotatable bonds is 6. The Kier molecular flexibility index (Phi) is 5.77. The fourth-order valence-electron chi connectivity index (χ4n) is 2.39. The van der Waals surface area contributed by atoms with Crippen molar-refractivity contribution in [2.24, 2.45) is 0 Å². The van der Waals surface area contributed by atoms with E-state index in [0.717, 1.165) is 19.4 Å². The molecule has 0 radical (unpaired) electrons. The molecule has 0 spiro atoms. The van der Waals surface area contributed by atoms with E-state index in [9.17, 15) is 13.2 Å². The minimum absolute atomic E-state index is 0.0339. The van der Waals surface area contributed by atoms with Gasteiger partial charge in [-0.15, -0.1) is 6.42 Å². The monoisotopic (exact) mass is 336 g/mol. The van der Waals surface area contributed by atoms with Crippen LogP contribution >= 0.6 is 0 Å². The summed E-state index contributed by atoms with van der Waals surface area (Å²) in [4.78, 5) is 12.3. The molecule has 1 aliphatic rings. The predicted octanol–water partition coefficient (Wildman–Crippen LogP) is 0.895. The summed E-state index contributed by atoms with van der Waals surface area (Å²) in [5.74, 6) is 1.95. The first-order valence-corrected chi connectivity index (χ1v) is 8.88. The molecule has 0 bridgehead atoms. The molecular formula is C16H20N2O4S. The molecule has 0 unspecified atom stereocenters. The molecule has 1 saturated heterocycles. The summed E-state index contributed by atoms with van der Waals surface area (Å²) in [6.45, 7) is 2.54. The molecule has 6 nitrogen and oxygen atoms in total. The van der Waals surface area contributed by atoms with Crippen molar-refractivity contribution < 1.29 is 17.9 Å². The van der Waals surface area contributed by atoms with Gasteiger partial charge in [-0.3, -0.25) is 4.79 Å². The van der Waals surface area contributed by atoms with Crippen molar-refractivity contribution in [3.05, 3.63) is 29.8 Å². The van der Waals surface area contributed by atoms with Crippen molar-refractivity contribution in [2.45, 2.75) is 36.8 Å². The van der Waals surface area contributed by atoms with Gasteiger partial charge in [0.05, 0.1) is 23.6 Å². The molecule has 1 fully saturated rings. The predicted molar refractivity (Wildman–Crippen MR) is 86.4 cm³/mol. The molecule has 0 aromatic heterocycles. The SMILES string of the molecule is C#CCNS(=O)(=O)c1ccc(C(=O)N[C@H](C)[C@@H]2CCCO2)cc1. The highest BCUT2D eigenvalue weighted by atomic mass is 32.2. The lowest BCUT2D eigenvalue weighted by molar-refractivity contribution is 0.0712. The Balaban J connectivity index is 2.01. The fraction of sp³-hybridized carbons (Fsp3) is 0.438.